The third-order valence-electron chi connectivity index (χ3n) is 0.994. The largest absolute Gasteiger partial charge is 0.500 e. The quantitative estimate of drug-likeness (QED) is 0.678. The van der Waals surface area contributed by atoms with Gasteiger partial charge in [0.15, 0.2) is 0 Å². The highest BCUT2D eigenvalue weighted by atomic mass is 79.9. The van der Waals surface area contributed by atoms with E-state index in [1.165, 1.54) is 12.1 Å². The van der Waals surface area contributed by atoms with Gasteiger partial charge in [-0.05, 0) is 18.2 Å². The standard InChI is InChI=1S/C7H4BrFO2/c8-5-2-1-3-6(4-5)11-7(9)10/h1-4H. The Balaban J connectivity index is 2.79. The average molecular weight is 219 g/mol. The zero-order valence-corrected chi connectivity index (χ0v) is 6.97. The third-order valence-corrected chi connectivity index (χ3v) is 1.49. The monoisotopic (exact) mass is 218 g/mol. The maximum Gasteiger partial charge on any atom is 0.500 e. The molecule has 0 aromatic heterocycles. The summed E-state index contributed by atoms with van der Waals surface area (Å²) in [5.41, 5.74) is 0. The molecule has 11 heavy (non-hydrogen) atoms. The second-order valence-corrected chi connectivity index (χ2v) is 2.71. The van der Waals surface area contributed by atoms with E-state index in [4.69, 9.17) is 0 Å². The van der Waals surface area contributed by atoms with Crippen LogP contribution in [0.5, 0.6) is 5.75 Å². The summed E-state index contributed by atoms with van der Waals surface area (Å²) in [4.78, 5) is 9.82. The highest BCUT2D eigenvalue weighted by Gasteiger charge is 2.00. The summed E-state index contributed by atoms with van der Waals surface area (Å²) in [6.45, 7) is 0. The summed E-state index contributed by atoms with van der Waals surface area (Å²) in [5, 5.41) is 0. The number of hydrogen-bond acceptors (Lipinski definition) is 2. The fourth-order valence-electron chi connectivity index (χ4n) is 0.623. The third kappa shape index (κ3) is 2.67. The fourth-order valence-corrected chi connectivity index (χ4v) is 1.00. The van der Waals surface area contributed by atoms with Crippen LogP contribution in [0.25, 0.3) is 0 Å². The molecule has 58 valence electrons. The van der Waals surface area contributed by atoms with Gasteiger partial charge in [-0.2, -0.15) is 0 Å². The number of halogens is 2. The van der Waals surface area contributed by atoms with Crippen molar-refractivity contribution in [2.24, 2.45) is 0 Å². The van der Waals surface area contributed by atoms with E-state index in [0.29, 0.717) is 0 Å². The van der Waals surface area contributed by atoms with E-state index in [2.05, 4.69) is 20.7 Å². The van der Waals surface area contributed by atoms with Gasteiger partial charge in [-0.25, -0.2) is 4.79 Å². The minimum absolute atomic E-state index is 0.187. The second-order valence-electron chi connectivity index (χ2n) is 1.80. The highest BCUT2D eigenvalue weighted by Crippen LogP contribution is 2.17. The van der Waals surface area contributed by atoms with Crippen molar-refractivity contribution in [3.05, 3.63) is 28.7 Å². The lowest BCUT2D eigenvalue weighted by atomic mass is 10.3. The van der Waals surface area contributed by atoms with Crippen LogP contribution in [-0.2, 0) is 0 Å². The van der Waals surface area contributed by atoms with Crippen LogP contribution in [0.1, 0.15) is 0 Å². The maximum absolute atomic E-state index is 11.6. The molecular weight excluding hydrogens is 215 g/mol. The van der Waals surface area contributed by atoms with E-state index in [-0.39, 0.29) is 5.75 Å². The number of carbonyl (C=O) groups is 1. The van der Waals surface area contributed by atoms with E-state index in [1.807, 2.05) is 0 Å². The van der Waals surface area contributed by atoms with E-state index in [9.17, 15) is 9.18 Å². The van der Waals surface area contributed by atoms with E-state index >= 15 is 0 Å². The number of rotatable bonds is 1. The van der Waals surface area contributed by atoms with Crippen LogP contribution in [0.4, 0.5) is 9.18 Å². The van der Waals surface area contributed by atoms with Gasteiger partial charge in [0.25, 0.3) is 0 Å². The molecule has 0 atom stereocenters. The first-order valence-corrected chi connectivity index (χ1v) is 3.60. The maximum atomic E-state index is 11.6. The highest BCUT2D eigenvalue weighted by molar-refractivity contribution is 9.10. The Kier molecular flexibility index (Phi) is 2.59. The molecule has 0 N–H and O–H groups in total. The Bertz CT molecular complexity index is 275. The number of ether oxygens (including phenoxy) is 1. The molecule has 1 aromatic rings. The molecule has 0 saturated carbocycles. The molecule has 0 amide bonds. The smallest absolute Gasteiger partial charge is 0.401 e. The van der Waals surface area contributed by atoms with Crippen LogP contribution >= 0.6 is 15.9 Å². The number of carbonyl (C=O) groups excluding carboxylic acids is 1. The molecule has 0 aliphatic heterocycles. The minimum atomic E-state index is -1.80. The average Bonchev–Trinajstić information content (AvgIpc) is 1.85. The predicted molar refractivity (Wildman–Crippen MR) is 41.3 cm³/mol. The van der Waals surface area contributed by atoms with Gasteiger partial charge < -0.3 is 4.74 Å². The molecular formula is C7H4BrFO2. The first kappa shape index (κ1) is 8.20. The summed E-state index contributed by atoms with van der Waals surface area (Å²) in [6.07, 6.45) is -1.80. The van der Waals surface area contributed by atoms with E-state index in [0.717, 1.165) is 4.47 Å². The molecule has 0 radical (unpaired) electrons. The van der Waals surface area contributed by atoms with Crippen molar-refractivity contribution >= 4 is 22.2 Å². The predicted octanol–water partition coefficient (Wildman–Crippen LogP) is 2.92. The molecule has 1 rings (SSSR count). The van der Waals surface area contributed by atoms with Gasteiger partial charge in [-0.15, -0.1) is 4.39 Å². The van der Waals surface area contributed by atoms with Gasteiger partial charge in [-0.1, -0.05) is 22.0 Å². The molecule has 1 aromatic carbocycles. The molecule has 4 heteroatoms. The van der Waals surface area contributed by atoms with Crippen LogP contribution in [0.3, 0.4) is 0 Å². The molecule has 2 nitrogen and oxygen atoms in total. The van der Waals surface area contributed by atoms with Crippen LogP contribution in [-0.4, -0.2) is 6.22 Å². The summed E-state index contributed by atoms with van der Waals surface area (Å²) >= 11 is 3.14. The molecule has 0 aliphatic rings. The molecule has 0 spiro atoms. The summed E-state index contributed by atoms with van der Waals surface area (Å²) in [5.74, 6) is 0.187. The second kappa shape index (κ2) is 3.48. The number of hydrogen-bond donors (Lipinski definition) is 0. The van der Waals surface area contributed by atoms with Gasteiger partial charge in [0.05, 0.1) is 0 Å². The summed E-state index contributed by atoms with van der Waals surface area (Å²) in [7, 11) is 0. The Morgan fingerprint density at radius 3 is 2.82 bits per heavy atom. The van der Waals surface area contributed by atoms with Crippen molar-refractivity contribution < 1.29 is 13.9 Å². The molecule has 0 aliphatic carbocycles. The Labute approximate surface area is 71.1 Å². The van der Waals surface area contributed by atoms with Crippen molar-refractivity contribution in [3.8, 4) is 5.75 Å². The van der Waals surface area contributed by atoms with E-state index in [1.54, 1.807) is 12.1 Å². The Morgan fingerprint density at radius 1 is 1.55 bits per heavy atom. The molecule has 0 fully saturated rings. The van der Waals surface area contributed by atoms with Crippen molar-refractivity contribution in [1.82, 2.24) is 0 Å². The fraction of sp³-hybridized carbons (Fsp3) is 0. The number of benzene rings is 1. The van der Waals surface area contributed by atoms with Crippen molar-refractivity contribution in [1.29, 1.82) is 0 Å². The van der Waals surface area contributed by atoms with Gasteiger partial charge >= 0.3 is 6.22 Å². The summed E-state index contributed by atoms with van der Waals surface area (Å²) < 4.78 is 16.5. The van der Waals surface area contributed by atoms with Gasteiger partial charge in [0.1, 0.15) is 5.75 Å². The topological polar surface area (TPSA) is 26.3 Å². The molecule has 0 heterocycles. The lowest BCUT2D eigenvalue weighted by Gasteiger charge is -1.97. The summed E-state index contributed by atoms with van der Waals surface area (Å²) in [6, 6.07) is 6.37. The minimum Gasteiger partial charge on any atom is -0.401 e. The first-order chi connectivity index (χ1) is 5.18. The van der Waals surface area contributed by atoms with Crippen molar-refractivity contribution in [2.75, 3.05) is 0 Å². The van der Waals surface area contributed by atoms with Crippen molar-refractivity contribution in [2.45, 2.75) is 0 Å². The van der Waals surface area contributed by atoms with Gasteiger partial charge in [0, 0.05) is 4.47 Å². The van der Waals surface area contributed by atoms with Crippen molar-refractivity contribution in [3.63, 3.8) is 0 Å². The van der Waals surface area contributed by atoms with Crippen LogP contribution < -0.4 is 4.74 Å². The van der Waals surface area contributed by atoms with E-state index < -0.39 is 6.22 Å². The molecule has 0 bridgehead atoms. The molecule has 0 unspecified atom stereocenters. The lowest BCUT2D eigenvalue weighted by Crippen LogP contribution is -1.96. The SMILES string of the molecule is O=C(F)Oc1cccc(Br)c1. The molecule has 0 saturated heterocycles. The van der Waals surface area contributed by atoms with Crippen LogP contribution in [0, 0.1) is 0 Å². The first-order valence-electron chi connectivity index (χ1n) is 2.81. The normalized spacial score (nSPS) is 9.27. The zero-order chi connectivity index (χ0) is 8.27. The van der Waals surface area contributed by atoms with Gasteiger partial charge in [0.2, 0.25) is 0 Å². The lowest BCUT2D eigenvalue weighted by molar-refractivity contribution is 0.175. The van der Waals surface area contributed by atoms with Crippen LogP contribution in [0.15, 0.2) is 28.7 Å². The zero-order valence-electron chi connectivity index (χ0n) is 5.38. The van der Waals surface area contributed by atoms with Gasteiger partial charge in [-0.3, -0.25) is 0 Å². The van der Waals surface area contributed by atoms with Crippen LogP contribution in [0.2, 0.25) is 0 Å². The Hall–Kier alpha value is -0.900. The Morgan fingerprint density at radius 2 is 2.27 bits per heavy atom.